The summed E-state index contributed by atoms with van der Waals surface area (Å²) in [5, 5.41) is 7.90. The van der Waals surface area contributed by atoms with Gasteiger partial charge in [-0.1, -0.05) is 35.8 Å². The lowest BCUT2D eigenvalue weighted by molar-refractivity contribution is 0.205. The van der Waals surface area contributed by atoms with Crippen molar-refractivity contribution >= 4 is 23.2 Å². The molecular formula is C24H25ClN4O3. The second-order valence-electron chi connectivity index (χ2n) is 7.47. The number of urea groups is 1. The summed E-state index contributed by atoms with van der Waals surface area (Å²) in [4.78, 5) is 19.2. The first-order chi connectivity index (χ1) is 15.5. The van der Waals surface area contributed by atoms with Gasteiger partial charge in [-0.2, -0.15) is 4.98 Å². The van der Waals surface area contributed by atoms with Crippen molar-refractivity contribution in [3.8, 4) is 17.1 Å². The first-order valence-electron chi connectivity index (χ1n) is 10.6. The second-order valence-corrected chi connectivity index (χ2v) is 7.90. The van der Waals surface area contributed by atoms with Crippen LogP contribution in [0.4, 0.5) is 4.79 Å². The van der Waals surface area contributed by atoms with Crippen LogP contribution in [0.5, 0.6) is 5.75 Å². The lowest BCUT2D eigenvalue weighted by Gasteiger charge is -2.35. The third-order valence-electron chi connectivity index (χ3n) is 5.33. The molecule has 1 aliphatic rings. The molecule has 0 fully saturated rings. The first-order valence-corrected chi connectivity index (χ1v) is 11.0. The monoisotopic (exact) mass is 452 g/mol. The van der Waals surface area contributed by atoms with Crippen molar-refractivity contribution in [1.82, 2.24) is 20.4 Å². The molecule has 0 aliphatic carbocycles. The number of rotatable bonds is 7. The predicted octanol–water partition coefficient (Wildman–Crippen LogP) is 5.70. The van der Waals surface area contributed by atoms with Crippen molar-refractivity contribution in [2.75, 3.05) is 13.2 Å². The molecule has 32 heavy (non-hydrogen) atoms. The van der Waals surface area contributed by atoms with E-state index in [-0.39, 0.29) is 6.03 Å². The third-order valence-corrected chi connectivity index (χ3v) is 5.58. The maximum absolute atomic E-state index is 12.8. The van der Waals surface area contributed by atoms with E-state index in [4.69, 9.17) is 20.9 Å². The topological polar surface area (TPSA) is 80.5 Å². The van der Waals surface area contributed by atoms with Gasteiger partial charge >= 0.3 is 6.03 Å². The van der Waals surface area contributed by atoms with Gasteiger partial charge in [0, 0.05) is 22.8 Å². The average Bonchev–Trinajstić information content (AvgIpc) is 3.27. The number of nitrogens with zero attached hydrogens (tertiary/aromatic N) is 3. The van der Waals surface area contributed by atoms with Gasteiger partial charge < -0.3 is 14.6 Å². The fourth-order valence-electron chi connectivity index (χ4n) is 3.77. The van der Waals surface area contributed by atoms with Crippen LogP contribution in [0.1, 0.15) is 44.7 Å². The summed E-state index contributed by atoms with van der Waals surface area (Å²) < 4.78 is 11.2. The summed E-state index contributed by atoms with van der Waals surface area (Å²) in [6.45, 7) is 7.08. The Bertz CT molecular complexity index is 1120. The number of allylic oxidation sites excluding steroid dienone is 1. The number of carbonyl (C=O) groups excluding carboxylic acids is 1. The number of hydrogen-bond acceptors (Lipinski definition) is 5. The highest BCUT2D eigenvalue weighted by molar-refractivity contribution is 6.30. The Morgan fingerprint density at radius 1 is 1.12 bits per heavy atom. The molecule has 1 aromatic heterocycles. The molecule has 0 saturated carbocycles. The molecule has 0 bridgehead atoms. The van der Waals surface area contributed by atoms with E-state index < -0.39 is 6.04 Å². The van der Waals surface area contributed by atoms with E-state index in [2.05, 4.69) is 15.5 Å². The zero-order valence-corrected chi connectivity index (χ0v) is 19.0. The summed E-state index contributed by atoms with van der Waals surface area (Å²) in [5.41, 5.74) is 3.26. The number of amides is 2. The highest BCUT2D eigenvalue weighted by atomic mass is 35.5. The molecule has 1 atom stereocenters. The first kappa shape index (κ1) is 21.9. The zero-order chi connectivity index (χ0) is 22.7. The van der Waals surface area contributed by atoms with Gasteiger partial charge in [0.05, 0.1) is 18.2 Å². The Morgan fingerprint density at radius 2 is 1.84 bits per heavy atom. The minimum Gasteiger partial charge on any atom is -0.494 e. The molecule has 2 heterocycles. The fraction of sp³-hybridized carbons (Fsp3) is 0.292. The third kappa shape index (κ3) is 4.34. The number of benzene rings is 2. The largest absolute Gasteiger partial charge is 0.494 e. The molecule has 3 aromatic rings. The summed E-state index contributed by atoms with van der Waals surface area (Å²) in [6, 6.07) is 14.3. The summed E-state index contributed by atoms with van der Waals surface area (Å²) in [6.07, 6.45) is 0.824. The normalized spacial score (nSPS) is 16.3. The van der Waals surface area contributed by atoms with Crippen LogP contribution < -0.4 is 10.1 Å². The molecule has 2 aromatic carbocycles. The van der Waals surface area contributed by atoms with Crippen LogP contribution in [0, 0.1) is 0 Å². The highest BCUT2D eigenvalue weighted by Gasteiger charge is 2.35. The summed E-state index contributed by atoms with van der Waals surface area (Å²) in [7, 11) is 0. The molecule has 0 spiro atoms. The Balaban J connectivity index is 1.75. The van der Waals surface area contributed by atoms with Gasteiger partial charge in [-0.25, -0.2) is 4.79 Å². The van der Waals surface area contributed by atoms with E-state index in [1.165, 1.54) is 0 Å². The smallest absolute Gasteiger partial charge is 0.322 e. The molecule has 0 saturated heterocycles. The quantitative estimate of drug-likeness (QED) is 0.497. The molecule has 1 aliphatic heterocycles. The number of aromatic nitrogens is 2. The maximum Gasteiger partial charge on any atom is 0.322 e. The van der Waals surface area contributed by atoms with E-state index >= 15 is 0 Å². The van der Waals surface area contributed by atoms with Crippen molar-refractivity contribution < 1.29 is 14.1 Å². The van der Waals surface area contributed by atoms with Gasteiger partial charge in [-0.15, -0.1) is 0 Å². The standard InChI is InChI=1S/C24H25ClN4O3/c1-4-14-29-15(3)20(21(26-24(29)30)16-6-10-18(25)11-7-16)23-27-22(28-32-23)17-8-12-19(13-9-17)31-5-2/h6-13,21H,4-5,14H2,1-3H3,(H,26,30). The van der Waals surface area contributed by atoms with Gasteiger partial charge in [0.25, 0.3) is 5.89 Å². The number of ether oxygens (including phenoxy) is 1. The van der Waals surface area contributed by atoms with Gasteiger partial charge in [-0.3, -0.25) is 4.90 Å². The second kappa shape index (κ2) is 9.44. The molecular weight excluding hydrogens is 428 g/mol. The van der Waals surface area contributed by atoms with Crippen molar-refractivity contribution in [1.29, 1.82) is 0 Å². The SMILES string of the molecule is CCCN1C(=O)NC(c2ccc(Cl)cc2)C(c2nc(-c3ccc(OCC)cc3)no2)=C1C. The zero-order valence-electron chi connectivity index (χ0n) is 18.3. The minimum atomic E-state index is -0.429. The van der Waals surface area contributed by atoms with Crippen LogP contribution in [0.25, 0.3) is 17.0 Å². The van der Waals surface area contributed by atoms with Gasteiger partial charge in [0.15, 0.2) is 0 Å². The molecule has 0 radical (unpaired) electrons. The van der Waals surface area contributed by atoms with Crippen LogP contribution in [0.15, 0.2) is 58.8 Å². The Hall–Kier alpha value is -3.32. The van der Waals surface area contributed by atoms with Crippen LogP contribution in [0.3, 0.4) is 0 Å². The maximum atomic E-state index is 12.8. The molecule has 1 unspecified atom stereocenters. The number of nitrogens with one attached hydrogen (secondary N) is 1. The minimum absolute atomic E-state index is 0.153. The van der Waals surface area contributed by atoms with Crippen LogP contribution in [0.2, 0.25) is 5.02 Å². The number of hydrogen-bond donors (Lipinski definition) is 1. The summed E-state index contributed by atoms with van der Waals surface area (Å²) in [5.74, 6) is 1.62. The van der Waals surface area contributed by atoms with Crippen LogP contribution >= 0.6 is 11.6 Å². The number of carbonyl (C=O) groups is 1. The Labute approximate surface area is 192 Å². The Kier molecular flexibility index (Phi) is 6.46. The highest BCUT2D eigenvalue weighted by Crippen LogP contribution is 2.37. The molecule has 4 rings (SSSR count). The van der Waals surface area contributed by atoms with Gasteiger partial charge in [0.1, 0.15) is 5.75 Å². The number of halogens is 1. The van der Waals surface area contributed by atoms with Crippen LogP contribution in [-0.2, 0) is 0 Å². The van der Waals surface area contributed by atoms with E-state index in [0.717, 1.165) is 34.6 Å². The van der Waals surface area contributed by atoms with E-state index in [1.54, 1.807) is 17.0 Å². The van der Waals surface area contributed by atoms with Crippen molar-refractivity contribution in [2.45, 2.75) is 33.2 Å². The van der Waals surface area contributed by atoms with Gasteiger partial charge in [-0.05, 0) is 62.2 Å². The molecule has 7 nitrogen and oxygen atoms in total. The van der Waals surface area contributed by atoms with Crippen molar-refractivity contribution in [3.63, 3.8) is 0 Å². The molecule has 166 valence electrons. The predicted molar refractivity (Wildman–Crippen MR) is 123 cm³/mol. The van der Waals surface area contributed by atoms with Crippen molar-refractivity contribution in [3.05, 3.63) is 70.7 Å². The van der Waals surface area contributed by atoms with E-state index in [0.29, 0.717) is 29.9 Å². The lowest BCUT2D eigenvalue weighted by Crippen LogP contribution is -2.46. The molecule has 1 N–H and O–H groups in total. The lowest BCUT2D eigenvalue weighted by atomic mass is 9.94. The van der Waals surface area contributed by atoms with E-state index in [9.17, 15) is 4.79 Å². The molecule has 2 amide bonds. The average molecular weight is 453 g/mol. The van der Waals surface area contributed by atoms with Gasteiger partial charge in [0.2, 0.25) is 5.82 Å². The van der Waals surface area contributed by atoms with Crippen molar-refractivity contribution in [2.24, 2.45) is 0 Å². The van der Waals surface area contributed by atoms with E-state index in [1.807, 2.05) is 57.2 Å². The van der Waals surface area contributed by atoms with Crippen LogP contribution in [-0.4, -0.2) is 34.2 Å². The summed E-state index contributed by atoms with van der Waals surface area (Å²) >= 11 is 6.07. The Morgan fingerprint density at radius 3 is 2.50 bits per heavy atom. The fourth-order valence-corrected chi connectivity index (χ4v) is 3.90. The molecule has 8 heteroatoms.